The van der Waals surface area contributed by atoms with Gasteiger partial charge in [-0.25, -0.2) is 4.79 Å². The number of carbonyl (C=O) groups excluding carboxylic acids is 1. The van der Waals surface area contributed by atoms with Gasteiger partial charge in [-0.05, 0) is 88.2 Å². The van der Waals surface area contributed by atoms with Crippen molar-refractivity contribution in [3.63, 3.8) is 0 Å². The van der Waals surface area contributed by atoms with Gasteiger partial charge in [0.2, 0.25) is 0 Å². The van der Waals surface area contributed by atoms with Gasteiger partial charge < -0.3 is 25.0 Å². The molecular formula is C28H34N4O3. The Morgan fingerprint density at radius 2 is 1.89 bits per heavy atom. The predicted octanol–water partition coefficient (Wildman–Crippen LogP) is 4.88. The molecule has 1 aliphatic carbocycles. The number of aromatic nitrogens is 1. The Hall–Kier alpha value is -3.32. The predicted molar refractivity (Wildman–Crippen MR) is 139 cm³/mol. The van der Waals surface area contributed by atoms with Crippen molar-refractivity contribution in [1.82, 2.24) is 15.2 Å². The first-order valence-electron chi connectivity index (χ1n) is 12.3. The lowest BCUT2D eigenvalue weighted by molar-refractivity contribution is 0.156. The number of benzene rings is 2. The van der Waals surface area contributed by atoms with Crippen LogP contribution in [0.2, 0.25) is 0 Å². The summed E-state index contributed by atoms with van der Waals surface area (Å²) >= 11 is 0. The molecule has 1 saturated heterocycles. The highest BCUT2D eigenvalue weighted by molar-refractivity contribution is 5.92. The number of anilines is 1. The Morgan fingerprint density at radius 1 is 1.06 bits per heavy atom. The average molecular weight is 475 g/mol. The molecule has 5 rings (SSSR count). The number of hydrogen-bond donors (Lipinski definition) is 2. The van der Waals surface area contributed by atoms with Crippen LogP contribution in [0.3, 0.4) is 0 Å². The van der Waals surface area contributed by atoms with Gasteiger partial charge in [0.15, 0.2) is 11.5 Å². The number of urea groups is 1. The van der Waals surface area contributed by atoms with Crippen molar-refractivity contribution in [2.75, 3.05) is 33.1 Å². The number of likely N-dealkylation sites (N-methyl/N-ethyl adjacent to an activating group) is 1. The average Bonchev–Trinajstić information content (AvgIpc) is 3.20. The first-order valence-corrected chi connectivity index (χ1v) is 12.3. The van der Waals surface area contributed by atoms with E-state index in [0.717, 1.165) is 66.0 Å². The Morgan fingerprint density at radius 3 is 2.69 bits per heavy atom. The number of rotatable bonds is 5. The second-order valence-electron chi connectivity index (χ2n) is 9.90. The van der Waals surface area contributed by atoms with Crippen molar-refractivity contribution in [2.45, 2.75) is 50.1 Å². The molecule has 3 atom stereocenters. The third-order valence-electron chi connectivity index (χ3n) is 7.91. The van der Waals surface area contributed by atoms with Crippen molar-refractivity contribution >= 4 is 22.6 Å². The normalized spacial score (nSPS) is 24.1. The molecular weight excluding hydrogens is 440 g/mol. The summed E-state index contributed by atoms with van der Waals surface area (Å²) in [6.07, 6.45) is 3.98. The van der Waals surface area contributed by atoms with Gasteiger partial charge in [-0.3, -0.25) is 4.98 Å². The first kappa shape index (κ1) is 23.4. The van der Waals surface area contributed by atoms with Gasteiger partial charge in [-0.15, -0.1) is 0 Å². The van der Waals surface area contributed by atoms with Gasteiger partial charge in [0.1, 0.15) is 0 Å². The second kappa shape index (κ2) is 9.38. The molecule has 2 aliphatic rings. The van der Waals surface area contributed by atoms with Crippen LogP contribution in [0.1, 0.15) is 36.9 Å². The fourth-order valence-electron chi connectivity index (χ4n) is 6.05. The van der Waals surface area contributed by atoms with Gasteiger partial charge in [0.05, 0.1) is 19.7 Å². The van der Waals surface area contributed by atoms with Gasteiger partial charge in [-0.2, -0.15) is 0 Å². The summed E-state index contributed by atoms with van der Waals surface area (Å²) in [4.78, 5) is 19.8. The molecule has 2 fully saturated rings. The molecule has 35 heavy (non-hydrogen) atoms. The molecule has 1 aliphatic heterocycles. The van der Waals surface area contributed by atoms with E-state index >= 15 is 0 Å². The maximum absolute atomic E-state index is 12.9. The lowest BCUT2D eigenvalue weighted by Gasteiger charge is -2.45. The number of nitrogens with zero attached hydrogens (tertiary/aromatic N) is 2. The third-order valence-corrected chi connectivity index (χ3v) is 7.91. The van der Waals surface area contributed by atoms with E-state index in [4.69, 9.17) is 9.47 Å². The molecule has 1 saturated carbocycles. The summed E-state index contributed by atoms with van der Waals surface area (Å²) in [5.74, 6) is 1.52. The van der Waals surface area contributed by atoms with E-state index in [0.29, 0.717) is 6.04 Å². The van der Waals surface area contributed by atoms with E-state index in [1.807, 2.05) is 43.3 Å². The SMILES string of the molecule is COc1ccc(C23CCC(NC(=O)Nc4ccc5nc(C)ccc5c4)CC2N(C)CC3)cc1OC. The highest BCUT2D eigenvalue weighted by atomic mass is 16.5. The molecule has 3 aromatic rings. The van der Waals surface area contributed by atoms with E-state index in [2.05, 4.69) is 39.7 Å². The zero-order valence-electron chi connectivity index (χ0n) is 20.9. The first-order chi connectivity index (χ1) is 16.9. The number of aryl methyl sites for hydroxylation is 1. The number of pyridine rings is 1. The minimum atomic E-state index is -0.159. The number of likely N-dealkylation sites (tertiary alicyclic amines) is 1. The van der Waals surface area contributed by atoms with Crippen LogP contribution in [-0.2, 0) is 5.41 Å². The largest absolute Gasteiger partial charge is 0.493 e. The standard InChI is InChI=1S/C28H34N4O3/c1-18-5-6-19-15-21(8-9-23(19)29-18)30-27(33)31-22-11-12-28(13-14-32(2)26(28)17-22)20-7-10-24(34-3)25(16-20)35-4/h5-10,15-16,22,26H,11-14,17H2,1-4H3,(H2,30,31,33). The van der Waals surface area contributed by atoms with Crippen molar-refractivity contribution in [2.24, 2.45) is 0 Å². The third kappa shape index (κ3) is 4.41. The molecule has 0 spiro atoms. The minimum Gasteiger partial charge on any atom is -0.493 e. The minimum absolute atomic E-state index is 0.0619. The Kier molecular flexibility index (Phi) is 6.28. The van der Waals surface area contributed by atoms with E-state index in [-0.39, 0.29) is 17.5 Å². The number of nitrogens with one attached hydrogen (secondary N) is 2. The summed E-state index contributed by atoms with van der Waals surface area (Å²) in [7, 11) is 5.55. The smallest absolute Gasteiger partial charge is 0.319 e. The zero-order valence-corrected chi connectivity index (χ0v) is 20.9. The number of amides is 2. The quantitative estimate of drug-likeness (QED) is 0.551. The molecule has 184 valence electrons. The van der Waals surface area contributed by atoms with Gasteiger partial charge in [0.25, 0.3) is 0 Å². The molecule has 0 radical (unpaired) electrons. The molecule has 3 unspecified atom stereocenters. The number of ether oxygens (including phenoxy) is 2. The number of carbonyl (C=O) groups is 1. The van der Waals surface area contributed by atoms with Gasteiger partial charge >= 0.3 is 6.03 Å². The molecule has 2 amide bonds. The van der Waals surface area contributed by atoms with Crippen LogP contribution in [0.4, 0.5) is 10.5 Å². The van der Waals surface area contributed by atoms with E-state index in [9.17, 15) is 4.79 Å². The molecule has 2 heterocycles. The van der Waals surface area contributed by atoms with Crippen LogP contribution in [0.25, 0.3) is 10.9 Å². The van der Waals surface area contributed by atoms with Crippen LogP contribution < -0.4 is 20.1 Å². The number of methoxy groups -OCH3 is 2. The molecule has 2 N–H and O–H groups in total. The van der Waals surface area contributed by atoms with E-state index < -0.39 is 0 Å². The molecule has 1 aromatic heterocycles. The van der Waals surface area contributed by atoms with E-state index in [1.165, 1.54) is 5.56 Å². The van der Waals surface area contributed by atoms with Crippen molar-refractivity contribution < 1.29 is 14.3 Å². The maximum Gasteiger partial charge on any atom is 0.319 e. The molecule has 7 nitrogen and oxygen atoms in total. The highest BCUT2D eigenvalue weighted by Crippen LogP contribution is 2.49. The van der Waals surface area contributed by atoms with Crippen LogP contribution in [-0.4, -0.2) is 55.8 Å². The number of hydrogen-bond acceptors (Lipinski definition) is 5. The maximum atomic E-state index is 12.9. The lowest BCUT2D eigenvalue weighted by atomic mass is 9.65. The summed E-state index contributed by atoms with van der Waals surface area (Å²) in [5.41, 5.74) is 4.04. The Balaban J connectivity index is 1.28. The lowest BCUT2D eigenvalue weighted by Crippen LogP contribution is -2.52. The van der Waals surface area contributed by atoms with Crippen LogP contribution in [0.15, 0.2) is 48.5 Å². The van der Waals surface area contributed by atoms with Crippen LogP contribution in [0, 0.1) is 6.92 Å². The number of fused-ring (bicyclic) bond motifs is 2. The fourth-order valence-corrected chi connectivity index (χ4v) is 6.05. The second-order valence-corrected chi connectivity index (χ2v) is 9.90. The van der Waals surface area contributed by atoms with Crippen molar-refractivity contribution in [3.05, 3.63) is 59.8 Å². The van der Waals surface area contributed by atoms with Crippen molar-refractivity contribution in [3.8, 4) is 11.5 Å². The van der Waals surface area contributed by atoms with Gasteiger partial charge in [0, 0.05) is 34.3 Å². The molecule has 0 bridgehead atoms. The summed E-state index contributed by atoms with van der Waals surface area (Å²) in [5, 5.41) is 7.26. The topological polar surface area (TPSA) is 75.7 Å². The Bertz CT molecular complexity index is 1250. The van der Waals surface area contributed by atoms with Gasteiger partial charge in [-0.1, -0.05) is 12.1 Å². The molecule has 7 heteroatoms. The summed E-state index contributed by atoms with van der Waals surface area (Å²) in [6, 6.07) is 16.5. The molecule has 2 aromatic carbocycles. The van der Waals surface area contributed by atoms with Crippen LogP contribution in [0.5, 0.6) is 11.5 Å². The summed E-state index contributed by atoms with van der Waals surface area (Å²) in [6.45, 7) is 3.02. The highest BCUT2D eigenvalue weighted by Gasteiger charge is 2.50. The summed E-state index contributed by atoms with van der Waals surface area (Å²) < 4.78 is 11.0. The zero-order chi connectivity index (χ0) is 24.6. The Labute approximate surface area is 206 Å². The van der Waals surface area contributed by atoms with Crippen molar-refractivity contribution in [1.29, 1.82) is 0 Å². The fraction of sp³-hybridized carbons (Fsp3) is 0.429. The van der Waals surface area contributed by atoms with Crippen LogP contribution >= 0.6 is 0 Å². The monoisotopic (exact) mass is 474 g/mol. The van der Waals surface area contributed by atoms with E-state index in [1.54, 1.807) is 14.2 Å².